The SMILES string of the molecule is C=C(C)CN=C(N)NCCc1ccc(F)cc1.I. The van der Waals surface area contributed by atoms with E-state index >= 15 is 0 Å². The van der Waals surface area contributed by atoms with Crippen LogP contribution >= 0.6 is 24.0 Å². The summed E-state index contributed by atoms with van der Waals surface area (Å²) in [4.78, 5) is 4.09. The maximum atomic E-state index is 12.7. The van der Waals surface area contributed by atoms with Gasteiger partial charge >= 0.3 is 0 Å². The van der Waals surface area contributed by atoms with Gasteiger partial charge in [0.2, 0.25) is 0 Å². The van der Waals surface area contributed by atoms with E-state index in [0.29, 0.717) is 19.0 Å². The lowest BCUT2D eigenvalue weighted by Gasteiger charge is -2.05. The Morgan fingerprint density at radius 3 is 2.56 bits per heavy atom. The van der Waals surface area contributed by atoms with Crippen molar-refractivity contribution in [2.75, 3.05) is 13.1 Å². The van der Waals surface area contributed by atoms with E-state index in [9.17, 15) is 4.39 Å². The van der Waals surface area contributed by atoms with Gasteiger partial charge in [-0.1, -0.05) is 24.3 Å². The van der Waals surface area contributed by atoms with Crippen LogP contribution in [0.15, 0.2) is 41.4 Å². The third-order valence-corrected chi connectivity index (χ3v) is 2.15. The van der Waals surface area contributed by atoms with Gasteiger partial charge in [-0.3, -0.25) is 0 Å². The van der Waals surface area contributed by atoms with Crippen LogP contribution in [0.2, 0.25) is 0 Å². The summed E-state index contributed by atoms with van der Waals surface area (Å²) >= 11 is 0. The predicted octanol–water partition coefficient (Wildman–Crippen LogP) is 2.47. The minimum Gasteiger partial charge on any atom is -0.370 e. The molecule has 0 saturated heterocycles. The highest BCUT2D eigenvalue weighted by molar-refractivity contribution is 14.0. The summed E-state index contributed by atoms with van der Waals surface area (Å²) in [6.07, 6.45) is 0.781. The van der Waals surface area contributed by atoms with Gasteiger partial charge in [-0.15, -0.1) is 24.0 Å². The van der Waals surface area contributed by atoms with Crippen LogP contribution in [0, 0.1) is 5.82 Å². The highest BCUT2D eigenvalue weighted by atomic mass is 127. The highest BCUT2D eigenvalue weighted by Gasteiger charge is 1.95. The summed E-state index contributed by atoms with van der Waals surface area (Å²) in [6.45, 7) is 6.85. The van der Waals surface area contributed by atoms with Crippen LogP contribution in [0.4, 0.5) is 4.39 Å². The van der Waals surface area contributed by atoms with Crippen molar-refractivity contribution in [1.82, 2.24) is 5.32 Å². The summed E-state index contributed by atoms with van der Waals surface area (Å²) in [6, 6.07) is 6.43. The molecule has 0 atom stereocenters. The van der Waals surface area contributed by atoms with Crippen LogP contribution in [0.1, 0.15) is 12.5 Å². The van der Waals surface area contributed by atoms with E-state index in [0.717, 1.165) is 17.6 Å². The van der Waals surface area contributed by atoms with E-state index in [1.165, 1.54) is 12.1 Å². The van der Waals surface area contributed by atoms with Gasteiger partial charge in [0.15, 0.2) is 5.96 Å². The molecule has 5 heteroatoms. The molecule has 3 N–H and O–H groups in total. The molecule has 100 valence electrons. The van der Waals surface area contributed by atoms with Crippen molar-refractivity contribution in [3.05, 3.63) is 47.8 Å². The van der Waals surface area contributed by atoms with E-state index < -0.39 is 0 Å². The maximum absolute atomic E-state index is 12.7. The highest BCUT2D eigenvalue weighted by Crippen LogP contribution is 2.02. The van der Waals surface area contributed by atoms with Crippen molar-refractivity contribution >= 4 is 29.9 Å². The number of hydrogen-bond acceptors (Lipinski definition) is 1. The molecule has 0 aliphatic carbocycles. The lowest BCUT2D eigenvalue weighted by molar-refractivity contribution is 0.627. The Morgan fingerprint density at radius 1 is 1.39 bits per heavy atom. The molecule has 0 saturated carbocycles. The van der Waals surface area contributed by atoms with Crippen molar-refractivity contribution in [1.29, 1.82) is 0 Å². The topological polar surface area (TPSA) is 50.4 Å². The van der Waals surface area contributed by atoms with Crippen LogP contribution < -0.4 is 11.1 Å². The number of nitrogens with zero attached hydrogens (tertiary/aromatic N) is 1. The molecule has 0 spiro atoms. The zero-order chi connectivity index (χ0) is 12.7. The molecular formula is C13H19FIN3. The lowest BCUT2D eigenvalue weighted by atomic mass is 10.1. The standard InChI is InChI=1S/C13H18FN3.HI/c1-10(2)9-17-13(15)16-8-7-11-3-5-12(14)6-4-11;/h3-6H,1,7-9H2,2H3,(H3,15,16,17);1H. The fourth-order valence-corrected chi connectivity index (χ4v) is 1.26. The minimum atomic E-state index is -0.218. The van der Waals surface area contributed by atoms with Crippen LogP contribution in [-0.2, 0) is 6.42 Å². The normalized spacial score (nSPS) is 10.7. The first-order chi connectivity index (χ1) is 8.08. The third kappa shape index (κ3) is 7.26. The van der Waals surface area contributed by atoms with Crippen LogP contribution in [0.3, 0.4) is 0 Å². The molecule has 0 aromatic heterocycles. The molecule has 0 amide bonds. The molecule has 0 unspecified atom stereocenters. The smallest absolute Gasteiger partial charge is 0.188 e. The van der Waals surface area contributed by atoms with Crippen molar-refractivity contribution in [2.45, 2.75) is 13.3 Å². The van der Waals surface area contributed by atoms with Gasteiger partial charge in [0.25, 0.3) is 0 Å². The second kappa shape index (κ2) is 8.91. The zero-order valence-corrected chi connectivity index (χ0v) is 12.8. The summed E-state index contributed by atoms with van der Waals surface area (Å²) in [5, 5.41) is 2.99. The summed E-state index contributed by atoms with van der Waals surface area (Å²) in [5.74, 6) is 0.194. The van der Waals surface area contributed by atoms with Crippen molar-refractivity contribution in [2.24, 2.45) is 10.7 Å². The molecule has 0 fully saturated rings. The van der Waals surface area contributed by atoms with Gasteiger partial charge in [0.05, 0.1) is 6.54 Å². The number of guanidine groups is 1. The van der Waals surface area contributed by atoms with E-state index in [-0.39, 0.29) is 29.8 Å². The predicted molar refractivity (Wildman–Crippen MR) is 84.8 cm³/mol. The molecule has 1 rings (SSSR count). The molecule has 0 aliphatic heterocycles. The molecule has 0 aliphatic rings. The van der Waals surface area contributed by atoms with E-state index in [4.69, 9.17) is 5.73 Å². The van der Waals surface area contributed by atoms with Crippen molar-refractivity contribution < 1.29 is 4.39 Å². The zero-order valence-electron chi connectivity index (χ0n) is 10.4. The van der Waals surface area contributed by atoms with Gasteiger partial charge in [-0.25, -0.2) is 9.38 Å². The average molecular weight is 363 g/mol. The first-order valence-electron chi connectivity index (χ1n) is 5.50. The van der Waals surface area contributed by atoms with E-state index in [1.54, 1.807) is 12.1 Å². The Balaban J connectivity index is 0.00000289. The largest absolute Gasteiger partial charge is 0.370 e. The number of aliphatic imine (C=N–C) groups is 1. The number of benzene rings is 1. The minimum absolute atomic E-state index is 0. The Bertz CT molecular complexity index is 401. The first-order valence-corrected chi connectivity index (χ1v) is 5.50. The van der Waals surface area contributed by atoms with Gasteiger partial charge in [0, 0.05) is 6.54 Å². The number of nitrogens with two attached hydrogens (primary N) is 1. The number of hydrogen-bond donors (Lipinski definition) is 2. The molecule has 1 aromatic rings. The molecule has 0 radical (unpaired) electrons. The van der Waals surface area contributed by atoms with Crippen LogP contribution in [-0.4, -0.2) is 19.0 Å². The quantitative estimate of drug-likeness (QED) is 0.366. The monoisotopic (exact) mass is 363 g/mol. The summed E-state index contributed by atoms with van der Waals surface area (Å²) < 4.78 is 12.7. The molecular weight excluding hydrogens is 344 g/mol. The maximum Gasteiger partial charge on any atom is 0.188 e. The molecule has 0 bridgehead atoms. The van der Waals surface area contributed by atoms with Gasteiger partial charge in [-0.2, -0.15) is 0 Å². The van der Waals surface area contributed by atoms with Crippen molar-refractivity contribution in [3.8, 4) is 0 Å². The fourth-order valence-electron chi connectivity index (χ4n) is 1.26. The lowest BCUT2D eigenvalue weighted by Crippen LogP contribution is -2.33. The molecule has 18 heavy (non-hydrogen) atoms. The van der Waals surface area contributed by atoms with Crippen molar-refractivity contribution in [3.63, 3.8) is 0 Å². The second-order valence-corrected chi connectivity index (χ2v) is 3.96. The Morgan fingerprint density at radius 2 is 2.00 bits per heavy atom. The Kier molecular flexibility index (Phi) is 8.36. The number of halogens is 2. The van der Waals surface area contributed by atoms with E-state index in [1.807, 2.05) is 6.92 Å². The fraction of sp³-hybridized carbons (Fsp3) is 0.308. The van der Waals surface area contributed by atoms with Gasteiger partial charge in [-0.05, 0) is 31.0 Å². The van der Waals surface area contributed by atoms with Gasteiger partial charge in [0.1, 0.15) is 5.82 Å². The first kappa shape index (κ1) is 16.9. The third-order valence-electron chi connectivity index (χ3n) is 2.15. The molecule has 3 nitrogen and oxygen atoms in total. The molecule has 1 aromatic carbocycles. The average Bonchev–Trinajstić information content (AvgIpc) is 2.29. The summed E-state index contributed by atoms with van der Waals surface area (Å²) in [7, 11) is 0. The van der Waals surface area contributed by atoms with Gasteiger partial charge < -0.3 is 11.1 Å². The number of rotatable bonds is 5. The Labute approximate surface area is 124 Å². The number of nitrogens with one attached hydrogen (secondary N) is 1. The van der Waals surface area contributed by atoms with Crippen LogP contribution in [0.25, 0.3) is 0 Å². The van der Waals surface area contributed by atoms with Crippen LogP contribution in [0.5, 0.6) is 0 Å². The summed E-state index contributed by atoms with van der Waals surface area (Å²) in [5.41, 5.74) is 7.68. The Hall–Kier alpha value is -1.11. The van der Waals surface area contributed by atoms with E-state index in [2.05, 4.69) is 16.9 Å². The second-order valence-electron chi connectivity index (χ2n) is 3.96. The molecule has 0 heterocycles.